The van der Waals surface area contributed by atoms with Gasteiger partial charge in [-0.2, -0.15) is 0 Å². The third-order valence-corrected chi connectivity index (χ3v) is 4.47. The van der Waals surface area contributed by atoms with Gasteiger partial charge in [-0.05, 0) is 24.0 Å². The van der Waals surface area contributed by atoms with Crippen molar-refractivity contribution < 1.29 is 4.79 Å². The van der Waals surface area contributed by atoms with Crippen LogP contribution in [0.15, 0.2) is 30.5 Å². The Morgan fingerprint density at radius 1 is 1.41 bits per heavy atom. The number of halogens is 1. The summed E-state index contributed by atoms with van der Waals surface area (Å²) in [6, 6.07) is 5.96. The molecule has 2 aromatic rings. The first kappa shape index (κ1) is 15.2. The van der Waals surface area contributed by atoms with E-state index in [2.05, 4.69) is 31.0 Å². The highest BCUT2D eigenvalue weighted by atomic mass is 35.5. The number of H-pyrrole nitrogens is 1. The van der Waals surface area contributed by atoms with E-state index >= 15 is 0 Å². The number of para-hydroxylation sites is 1. The van der Waals surface area contributed by atoms with Crippen molar-refractivity contribution in [3.63, 3.8) is 0 Å². The maximum absolute atomic E-state index is 12.1. The number of rotatable bonds is 3. The Morgan fingerprint density at radius 3 is 2.91 bits per heavy atom. The number of nitrogens with one attached hydrogen (secondary N) is 1. The van der Waals surface area contributed by atoms with Crippen LogP contribution >= 0.6 is 11.6 Å². The van der Waals surface area contributed by atoms with Gasteiger partial charge in [0.15, 0.2) is 0 Å². The molecule has 1 aromatic carbocycles. The highest BCUT2D eigenvalue weighted by molar-refractivity contribution is 6.35. The van der Waals surface area contributed by atoms with Crippen LogP contribution in [0.3, 0.4) is 0 Å². The molecule has 1 amide bonds. The van der Waals surface area contributed by atoms with Crippen LogP contribution in [-0.4, -0.2) is 28.9 Å². The molecule has 1 aromatic heterocycles. The van der Waals surface area contributed by atoms with Crippen LogP contribution in [-0.2, 0) is 4.79 Å². The van der Waals surface area contributed by atoms with Crippen LogP contribution in [0.25, 0.3) is 16.5 Å². The maximum Gasteiger partial charge on any atom is 0.223 e. The number of carbonyl (C=O) groups is 1. The molecule has 0 unspecified atom stereocenters. The smallest absolute Gasteiger partial charge is 0.223 e. The lowest BCUT2D eigenvalue weighted by molar-refractivity contribution is -0.131. The topological polar surface area (TPSA) is 36.1 Å². The Kier molecular flexibility index (Phi) is 4.25. The third-order valence-electron chi connectivity index (χ3n) is 4.16. The van der Waals surface area contributed by atoms with Gasteiger partial charge in [0, 0.05) is 36.7 Å². The summed E-state index contributed by atoms with van der Waals surface area (Å²) in [4.78, 5) is 17.3. The summed E-state index contributed by atoms with van der Waals surface area (Å²) < 4.78 is 0. The van der Waals surface area contributed by atoms with Gasteiger partial charge in [0.2, 0.25) is 5.91 Å². The van der Waals surface area contributed by atoms with E-state index in [0.717, 1.165) is 28.9 Å². The fraction of sp³-hybridized carbons (Fsp3) is 0.389. The van der Waals surface area contributed by atoms with Crippen LogP contribution in [0, 0.1) is 5.92 Å². The average molecular weight is 317 g/mol. The number of amides is 1. The van der Waals surface area contributed by atoms with E-state index in [1.165, 1.54) is 11.1 Å². The van der Waals surface area contributed by atoms with Crippen molar-refractivity contribution in [1.82, 2.24) is 9.88 Å². The Balaban J connectivity index is 1.81. The molecule has 0 spiro atoms. The van der Waals surface area contributed by atoms with Crippen molar-refractivity contribution in [2.24, 2.45) is 5.92 Å². The molecule has 116 valence electrons. The zero-order chi connectivity index (χ0) is 15.7. The molecule has 1 aliphatic rings. The highest BCUT2D eigenvalue weighted by Crippen LogP contribution is 2.32. The van der Waals surface area contributed by atoms with Gasteiger partial charge in [0.1, 0.15) is 0 Å². The van der Waals surface area contributed by atoms with Crippen LogP contribution in [0.2, 0.25) is 5.02 Å². The van der Waals surface area contributed by atoms with E-state index in [0.29, 0.717) is 18.9 Å². The lowest BCUT2D eigenvalue weighted by atomic mass is 9.98. The first-order chi connectivity index (χ1) is 10.6. The lowest BCUT2D eigenvalue weighted by Gasteiger charge is -2.27. The minimum atomic E-state index is 0.257. The van der Waals surface area contributed by atoms with Gasteiger partial charge in [0.25, 0.3) is 0 Å². The van der Waals surface area contributed by atoms with Crippen LogP contribution in [0.5, 0.6) is 0 Å². The van der Waals surface area contributed by atoms with Gasteiger partial charge >= 0.3 is 0 Å². The molecule has 3 nitrogen and oxygen atoms in total. The van der Waals surface area contributed by atoms with Gasteiger partial charge < -0.3 is 9.88 Å². The predicted molar refractivity (Wildman–Crippen MR) is 91.9 cm³/mol. The molecule has 3 rings (SSSR count). The number of carbonyl (C=O) groups excluding carboxylic acids is 1. The Bertz CT molecular complexity index is 730. The number of fused-ring (bicyclic) bond motifs is 1. The molecule has 2 heterocycles. The number of nitrogens with zero attached hydrogens (tertiary/aromatic N) is 1. The number of aromatic nitrogens is 1. The van der Waals surface area contributed by atoms with Gasteiger partial charge in [-0.3, -0.25) is 4.79 Å². The normalized spacial score (nSPS) is 15.5. The molecule has 1 N–H and O–H groups in total. The number of benzene rings is 1. The first-order valence-electron chi connectivity index (χ1n) is 7.79. The molecule has 0 saturated carbocycles. The first-order valence-corrected chi connectivity index (χ1v) is 8.17. The summed E-state index contributed by atoms with van der Waals surface area (Å²) in [7, 11) is 0. The average Bonchev–Trinajstić information content (AvgIpc) is 2.92. The molecular formula is C18H21ClN2O. The summed E-state index contributed by atoms with van der Waals surface area (Å²) in [6.07, 6.45) is 5.72. The standard InChI is InChI=1S/C18H21ClN2O/c1-12(2)10-17(22)21-8-6-13(7-9-21)15-11-20-18-14(15)4-3-5-16(18)19/h3-6,11-12,20H,7-10H2,1-2H3. The Labute approximate surface area is 136 Å². The molecule has 0 aliphatic carbocycles. The lowest BCUT2D eigenvalue weighted by Crippen LogP contribution is -2.35. The Morgan fingerprint density at radius 2 is 2.23 bits per heavy atom. The fourth-order valence-corrected chi connectivity index (χ4v) is 3.23. The van der Waals surface area contributed by atoms with E-state index in [1.54, 1.807) is 0 Å². The molecule has 0 fully saturated rings. The van der Waals surface area contributed by atoms with E-state index in [-0.39, 0.29) is 5.91 Å². The van der Waals surface area contributed by atoms with Crippen molar-refractivity contribution in [2.45, 2.75) is 26.7 Å². The summed E-state index contributed by atoms with van der Waals surface area (Å²) >= 11 is 6.22. The molecule has 0 radical (unpaired) electrons. The third kappa shape index (κ3) is 2.91. The second-order valence-electron chi connectivity index (χ2n) is 6.28. The summed E-state index contributed by atoms with van der Waals surface area (Å²) in [5, 5.41) is 1.90. The molecule has 0 bridgehead atoms. The van der Waals surface area contributed by atoms with Crippen LogP contribution in [0.4, 0.5) is 0 Å². The SMILES string of the molecule is CC(C)CC(=O)N1CC=C(c2c[nH]c3c(Cl)cccc23)CC1. The summed E-state index contributed by atoms with van der Waals surface area (Å²) in [6.45, 7) is 5.66. The summed E-state index contributed by atoms with van der Waals surface area (Å²) in [5.74, 6) is 0.668. The fourth-order valence-electron chi connectivity index (χ4n) is 3.00. The van der Waals surface area contributed by atoms with Crippen LogP contribution in [0.1, 0.15) is 32.3 Å². The van der Waals surface area contributed by atoms with Gasteiger partial charge in [-0.25, -0.2) is 0 Å². The predicted octanol–water partition coefficient (Wildman–Crippen LogP) is 4.48. The molecule has 1 aliphatic heterocycles. The summed E-state index contributed by atoms with van der Waals surface area (Å²) in [5.41, 5.74) is 3.48. The quantitative estimate of drug-likeness (QED) is 0.890. The van der Waals surface area contributed by atoms with Crippen molar-refractivity contribution >= 4 is 34.0 Å². The van der Waals surface area contributed by atoms with E-state index in [9.17, 15) is 4.79 Å². The number of hydrogen-bond donors (Lipinski definition) is 1. The van der Waals surface area contributed by atoms with Crippen molar-refractivity contribution in [2.75, 3.05) is 13.1 Å². The van der Waals surface area contributed by atoms with Gasteiger partial charge in [-0.1, -0.05) is 43.7 Å². The highest BCUT2D eigenvalue weighted by Gasteiger charge is 2.20. The van der Waals surface area contributed by atoms with Gasteiger partial charge in [-0.15, -0.1) is 0 Å². The van der Waals surface area contributed by atoms with Crippen LogP contribution < -0.4 is 0 Å². The molecule has 0 saturated heterocycles. The molecular weight excluding hydrogens is 296 g/mol. The molecule has 0 atom stereocenters. The van der Waals surface area contributed by atoms with E-state index in [1.807, 2.05) is 23.2 Å². The van der Waals surface area contributed by atoms with Crippen molar-refractivity contribution in [3.05, 3.63) is 41.1 Å². The van der Waals surface area contributed by atoms with Crippen molar-refractivity contribution in [3.8, 4) is 0 Å². The van der Waals surface area contributed by atoms with Crippen molar-refractivity contribution in [1.29, 1.82) is 0 Å². The zero-order valence-electron chi connectivity index (χ0n) is 13.0. The zero-order valence-corrected chi connectivity index (χ0v) is 13.8. The largest absolute Gasteiger partial charge is 0.359 e. The minimum absolute atomic E-state index is 0.257. The minimum Gasteiger partial charge on any atom is -0.359 e. The Hall–Kier alpha value is -1.74. The van der Waals surface area contributed by atoms with Gasteiger partial charge in [0.05, 0.1) is 10.5 Å². The second-order valence-corrected chi connectivity index (χ2v) is 6.69. The number of aromatic amines is 1. The number of hydrogen-bond acceptors (Lipinski definition) is 1. The monoisotopic (exact) mass is 316 g/mol. The molecule has 4 heteroatoms. The second kappa shape index (κ2) is 6.17. The van der Waals surface area contributed by atoms with E-state index in [4.69, 9.17) is 11.6 Å². The maximum atomic E-state index is 12.1. The van der Waals surface area contributed by atoms with E-state index < -0.39 is 0 Å². The molecule has 22 heavy (non-hydrogen) atoms.